The number of carbonyl (C=O) groups is 1. The predicted molar refractivity (Wildman–Crippen MR) is 90.8 cm³/mol. The number of urea groups is 1. The van der Waals surface area contributed by atoms with Crippen LogP contribution in [-0.4, -0.2) is 34.8 Å². The lowest BCUT2D eigenvalue weighted by atomic mass is 9.88. The molecule has 1 atom stereocenters. The van der Waals surface area contributed by atoms with Crippen molar-refractivity contribution in [3.63, 3.8) is 0 Å². The van der Waals surface area contributed by atoms with Gasteiger partial charge in [0.25, 0.3) is 0 Å². The highest BCUT2D eigenvalue weighted by molar-refractivity contribution is 5.90. The number of amides is 2. The van der Waals surface area contributed by atoms with Crippen LogP contribution in [0.3, 0.4) is 0 Å². The van der Waals surface area contributed by atoms with Gasteiger partial charge in [-0.2, -0.15) is 13.2 Å². The zero-order valence-corrected chi connectivity index (χ0v) is 15.2. The molecule has 0 aliphatic carbocycles. The van der Waals surface area contributed by atoms with E-state index in [4.69, 9.17) is 4.74 Å². The quantitative estimate of drug-likeness (QED) is 0.803. The summed E-state index contributed by atoms with van der Waals surface area (Å²) in [7, 11) is 0. The minimum absolute atomic E-state index is 0.0776. The minimum Gasteiger partial charge on any atom is -0.488 e. The Balaban J connectivity index is 2.05. The summed E-state index contributed by atoms with van der Waals surface area (Å²) < 4.78 is 45.1. The van der Waals surface area contributed by atoms with Gasteiger partial charge in [0.15, 0.2) is 0 Å². The molecule has 0 aromatic heterocycles. The van der Waals surface area contributed by atoms with Gasteiger partial charge in [-0.05, 0) is 65.3 Å². The van der Waals surface area contributed by atoms with Crippen molar-refractivity contribution in [2.75, 3.05) is 11.9 Å². The van der Waals surface area contributed by atoms with E-state index in [0.29, 0.717) is 11.4 Å². The van der Waals surface area contributed by atoms with Gasteiger partial charge in [0.2, 0.25) is 0 Å². The second kappa shape index (κ2) is 6.42. The third-order valence-electron chi connectivity index (χ3n) is 4.36. The van der Waals surface area contributed by atoms with E-state index >= 15 is 0 Å². The molecule has 1 saturated heterocycles. The maximum atomic E-state index is 13.1. The molecule has 2 rings (SSSR count). The average Bonchev–Trinajstić information content (AvgIpc) is 2.74. The molecule has 0 unspecified atom stereocenters. The Morgan fingerprint density at radius 1 is 1.20 bits per heavy atom. The summed E-state index contributed by atoms with van der Waals surface area (Å²) >= 11 is 0. The molecule has 1 aliphatic rings. The Kier molecular flexibility index (Phi) is 4.99. The van der Waals surface area contributed by atoms with E-state index in [1.54, 1.807) is 24.3 Å². The van der Waals surface area contributed by atoms with Crippen LogP contribution in [0.4, 0.5) is 23.7 Å². The molecule has 0 bridgehead atoms. The van der Waals surface area contributed by atoms with Crippen molar-refractivity contribution >= 4 is 11.7 Å². The number of rotatable bonds is 2. The number of carbonyl (C=O) groups excluding carboxylic acids is 1. The molecule has 1 heterocycles. The van der Waals surface area contributed by atoms with Crippen LogP contribution in [0.1, 0.15) is 41.0 Å². The number of halogens is 3. The van der Waals surface area contributed by atoms with Gasteiger partial charge in [0.05, 0.1) is 11.5 Å². The number of likely N-dealkylation sites (tertiary alicyclic amines) is 1. The predicted octanol–water partition coefficient (Wildman–Crippen LogP) is 5.06. The van der Waals surface area contributed by atoms with Crippen molar-refractivity contribution in [2.45, 2.75) is 58.4 Å². The summed E-state index contributed by atoms with van der Waals surface area (Å²) in [5, 5.41) is 2.67. The van der Waals surface area contributed by atoms with Crippen molar-refractivity contribution in [1.82, 2.24) is 4.90 Å². The van der Waals surface area contributed by atoms with Crippen LogP contribution in [0, 0.1) is 5.92 Å². The summed E-state index contributed by atoms with van der Waals surface area (Å²) in [5.41, 5.74) is -1.10. The van der Waals surface area contributed by atoms with Crippen molar-refractivity contribution in [3.05, 3.63) is 24.3 Å². The lowest BCUT2D eigenvalue weighted by Gasteiger charge is -2.36. The minimum atomic E-state index is -4.32. The average molecular weight is 358 g/mol. The van der Waals surface area contributed by atoms with Crippen molar-refractivity contribution in [1.29, 1.82) is 0 Å². The van der Waals surface area contributed by atoms with E-state index in [9.17, 15) is 18.0 Å². The molecule has 1 aromatic rings. The normalized spacial score (nSPS) is 20.5. The standard InChI is InChI=1S/C18H25F3N2O2/c1-16(2,3)25-13-8-6-12(7-9-13)22-15(24)23-11-10-14(17(23,4)5)18(19,20)21/h6-9,14H,10-11H2,1-5H3,(H,22,24)/t14-/m0/s1. The van der Waals surface area contributed by atoms with Crippen LogP contribution in [0.15, 0.2) is 24.3 Å². The van der Waals surface area contributed by atoms with E-state index in [0.717, 1.165) is 0 Å². The number of nitrogens with zero attached hydrogens (tertiary/aromatic N) is 1. The summed E-state index contributed by atoms with van der Waals surface area (Å²) in [6.45, 7) is 8.77. The highest BCUT2D eigenvalue weighted by Gasteiger charge is 2.56. The number of anilines is 1. The Labute approximate surface area is 146 Å². The fourth-order valence-corrected chi connectivity index (χ4v) is 3.17. The first-order valence-corrected chi connectivity index (χ1v) is 8.25. The van der Waals surface area contributed by atoms with Crippen LogP contribution in [-0.2, 0) is 0 Å². The smallest absolute Gasteiger partial charge is 0.394 e. The van der Waals surface area contributed by atoms with Crippen LogP contribution in [0.25, 0.3) is 0 Å². The molecule has 4 nitrogen and oxygen atoms in total. The maximum Gasteiger partial charge on any atom is 0.394 e. The molecule has 140 valence electrons. The molecule has 1 fully saturated rings. The lowest BCUT2D eigenvalue weighted by molar-refractivity contribution is -0.189. The number of nitrogens with one attached hydrogen (secondary N) is 1. The van der Waals surface area contributed by atoms with Gasteiger partial charge in [-0.1, -0.05) is 0 Å². The molecule has 0 saturated carbocycles. The number of hydrogen-bond donors (Lipinski definition) is 1. The summed E-state index contributed by atoms with van der Waals surface area (Å²) in [6, 6.07) is 6.25. The van der Waals surface area contributed by atoms with Crippen LogP contribution < -0.4 is 10.1 Å². The molecule has 2 amide bonds. The van der Waals surface area contributed by atoms with Crippen LogP contribution >= 0.6 is 0 Å². The number of benzene rings is 1. The second-order valence-electron chi connectivity index (χ2n) is 7.86. The van der Waals surface area contributed by atoms with E-state index in [1.165, 1.54) is 18.7 Å². The van der Waals surface area contributed by atoms with Gasteiger partial charge in [0.1, 0.15) is 11.4 Å². The van der Waals surface area contributed by atoms with E-state index in [-0.39, 0.29) is 18.6 Å². The van der Waals surface area contributed by atoms with Crippen LogP contribution in [0.2, 0.25) is 0 Å². The molecule has 1 aliphatic heterocycles. The van der Waals surface area contributed by atoms with Crippen molar-refractivity contribution in [3.8, 4) is 5.75 Å². The zero-order chi connectivity index (χ0) is 19.0. The first kappa shape index (κ1) is 19.4. The third kappa shape index (κ3) is 4.58. The number of hydrogen-bond acceptors (Lipinski definition) is 2. The molecule has 1 N–H and O–H groups in total. The van der Waals surface area contributed by atoms with Gasteiger partial charge >= 0.3 is 12.2 Å². The largest absolute Gasteiger partial charge is 0.488 e. The SMILES string of the molecule is CC(C)(C)Oc1ccc(NC(=O)N2CC[C@H](C(F)(F)F)C2(C)C)cc1. The van der Waals surface area contributed by atoms with Crippen LogP contribution in [0.5, 0.6) is 5.75 Å². The van der Waals surface area contributed by atoms with E-state index in [2.05, 4.69) is 5.32 Å². The Hall–Kier alpha value is -1.92. The molecule has 0 radical (unpaired) electrons. The fraction of sp³-hybridized carbons (Fsp3) is 0.611. The lowest BCUT2D eigenvalue weighted by Crippen LogP contribution is -2.51. The maximum absolute atomic E-state index is 13.1. The first-order valence-electron chi connectivity index (χ1n) is 8.25. The first-order chi connectivity index (χ1) is 11.3. The fourth-order valence-electron chi connectivity index (χ4n) is 3.17. The molecule has 1 aromatic carbocycles. The summed E-state index contributed by atoms with van der Waals surface area (Å²) in [5.74, 6) is -0.863. The molecule has 7 heteroatoms. The number of ether oxygens (including phenoxy) is 1. The van der Waals surface area contributed by atoms with E-state index < -0.39 is 23.7 Å². The highest BCUT2D eigenvalue weighted by atomic mass is 19.4. The Morgan fingerprint density at radius 3 is 2.20 bits per heavy atom. The second-order valence-corrected chi connectivity index (χ2v) is 7.86. The van der Waals surface area contributed by atoms with Crippen molar-refractivity contribution in [2.24, 2.45) is 5.92 Å². The molecular weight excluding hydrogens is 333 g/mol. The monoisotopic (exact) mass is 358 g/mol. The van der Waals surface area contributed by atoms with Gasteiger partial charge in [-0.3, -0.25) is 0 Å². The summed E-state index contributed by atoms with van der Waals surface area (Å²) in [6.07, 6.45) is -4.40. The number of alkyl halides is 3. The van der Waals surface area contributed by atoms with Gasteiger partial charge < -0.3 is 15.0 Å². The molecule has 25 heavy (non-hydrogen) atoms. The van der Waals surface area contributed by atoms with Gasteiger partial charge in [0, 0.05) is 12.2 Å². The Morgan fingerprint density at radius 2 is 1.76 bits per heavy atom. The summed E-state index contributed by atoms with van der Waals surface area (Å²) in [4.78, 5) is 13.7. The Bertz CT molecular complexity index is 619. The topological polar surface area (TPSA) is 41.6 Å². The third-order valence-corrected chi connectivity index (χ3v) is 4.36. The van der Waals surface area contributed by atoms with Crippen molar-refractivity contribution < 1.29 is 22.7 Å². The van der Waals surface area contributed by atoms with E-state index in [1.807, 2.05) is 20.8 Å². The zero-order valence-electron chi connectivity index (χ0n) is 15.2. The van der Waals surface area contributed by atoms with Gasteiger partial charge in [-0.25, -0.2) is 4.79 Å². The molecular formula is C18H25F3N2O2. The molecule has 0 spiro atoms. The highest BCUT2D eigenvalue weighted by Crippen LogP contribution is 2.44. The van der Waals surface area contributed by atoms with Gasteiger partial charge in [-0.15, -0.1) is 0 Å².